The van der Waals surface area contributed by atoms with Crippen molar-refractivity contribution in [3.05, 3.63) is 23.8 Å². The lowest BCUT2D eigenvalue weighted by atomic mass is 9.78. The fourth-order valence-electron chi connectivity index (χ4n) is 2.64. The third-order valence-electron chi connectivity index (χ3n) is 3.71. The van der Waals surface area contributed by atoms with Crippen molar-refractivity contribution in [1.82, 2.24) is 0 Å². The Labute approximate surface area is 92.3 Å². The summed E-state index contributed by atoms with van der Waals surface area (Å²) in [4.78, 5) is 11.8. The minimum atomic E-state index is 0.263. The molecule has 0 fully saturated rings. The highest BCUT2D eigenvalue weighted by atomic mass is 16.1. The van der Waals surface area contributed by atoms with Gasteiger partial charge in [-0.05, 0) is 50.5 Å². The maximum Gasteiger partial charge on any atom is 0.159 e. The minimum Gasteiger partial charge on any atom is -0.295 e. The molecule has 1 heteroatoms. The summed E-state index contributed by atoms with van der Waals surface area (Å²) in [5, 5.41) is 0. The van der Waals surface area contributed by atoms with Crippen LogP contribution in [-0.2, 0) is 4.79 Å². The Kier molecular flexibility index (Phi) is 3.40. The predicted octanol–water partition coefficient (Wildman–Crippen LogP) is 3.66. The molecule has 2 aliphatic carbocycles. The molecule has 0 aromatic carbocycles. The number of allylic oxidation sites excluding steroid dienone is 4. The first-order chi connectivity index (χ1) is 7.27. The van der Waals surface area contributed by atoms with Crippen LogP contribution in [0.15, 0.2) is 23.8 Å². The van der Waals surface area contributed by atoms with E-state index in [1.165, 1.54) is 31.3 Å². The van der Waals surface area contributed by atoms with Crippen LogP contribution in [0.1, 0.15) is 45.4 Å². The molecule has 0 saturated heterocycles. The lowest BCUT2D eigenvalue weighted by Gasteiger charge is -2.26. The van der Waals surface area contributed by atoms with Crippen LogP contribution in [0.25, 0.3) is 0 Å². The van der Waals surface area contributed by atoms with E-state index in [9.17, 15) is 4.79 Å². The molecule has 0 bridgehead atoms. The van der Waals surface area contributed by atoms with Crippen LogP contribution in [0.3, 0.4) is 0 Å². The largest absolute Gasteiger partial charge is 0.295 e. The Balaban J connectivity index is 2.00. The van der Waals surface area contributed by atoms with Gasteiger partial charge in [-0.2, -0.15) is 0 Å². The SMILES string of the molecule is CC1CC=CC(=O)C1CC1=CCCCC1. The summed E-state index contributed by atoms with van der Waals surface area (Å²) in [5.41, 5.74) is 1.53. The van der Waals surface area contributed by atoms with E-state index in [0.29, 0.717) is 11.7 Å². The van der Waals surface area contributed by atoms with Crippen molar-refractivity contribution in [2.45, 2.75) is 45.4 Å². The van der Waals surface area contributed by atoms with Crippen molar-refractivity contribution in [3.63, 3.8) is 0 Å². The van der Waals surface area contributed by atoms with Crippen LogP contribution in [0, 0.1) is 11.8 Å². The van der Waals surface area contributed by atoms with Gasteiger partial charge < -0.3 is 0 Å². The Bertz CT molecular complexity index is 298. The first kappa shape index (κ1) is 10.7. The summed E-state index contributed by atoms with van der Waals surface area (Å²) in [5.74, 6) is 1.14. The van der Waals surface area contributed by atoms with E-state index >= 15 is 0 Å². The molecule has 0 amide bonds. The maximum absolute atomic E-state index is 11.8. The summed E-state index contributed by atoms with van der Waals surface area (Å²) in [6.07, 6.45) is 13.4. The molecule has 0 spiro atoms. The lowest BCUT2D eigenvalue weighted by molar-refractivity contribution is -0.120. The van der Waals surface area contributed by atoms with E-state index in [1.54, 1.807) is 6.08 Å². The first-order valence-corrected chi connectivity index (χ1v) is 6.15. The van der Waals surface area contributed by atoms with Gasteiger partial charge in [0.1, 0.15) is 0 Å². The van der Waals surface area contributed by atoms with Crippen LogP contribution >= 0.6 is 0 Å². The van der Waals surface area contributed by atoms with Crippen molar-refractivity contribution in [1.29, 1.82) is 0 Å². The van der Waals surface area contributed by atoms with Gasteiger partial charge in [0.25, 0.3) is 0 Å². The molecule has 2 aliphatic rings. The van der Waals surface area contributed by atoms with Crippen LogP contribution in [0.4, 0.5) is 0 Å². The molecule has 0 N–H and O–H groups in total. The highest BCUT2D eigenvalue weighted by Gasteiger charge is 2.26. The Morgan fingerprint density at radius 3 is 2.93 bits per heavy atom. The molecule has 2 unspecified atom stereocenters. The molecule has 0 aromatic heterocycles. The van der Waals surface area contributed by atoms with Gasteiger partial charge in [-0.15, -0.1) is 0 Å². The third kappa shape index (κ3) is 2.58. The van der Waals surface area contributed by atoms with Gasteiger partial charge in [0.15, 0.2) is 5.78 Å². The van der Waals surface area contributed by atoms with Crippen molar-refractivity contribution in [2.75, 3.05) is 0 Å². The second-order valence-electron chi connectivity index (χ2n) is 4.94. The molecule has 0 radical (unpaired) electrons. The zero-order valence-electron chi connectivity index (χ0n) is 9.54. The number of rotatable bonds is 2. The first-order valence-electron chi connectivity index (χ1n) is 6.15. The molecule has 1 nitrogen and oxygen atoms in total. The smallest absolute Gasteiger partial charge is 0.159 e. The normalized spacial score (nSPS) is 31.5. The summed E-state index contributed by atoms with van der Waals surface area (Å²) in [7, 11) is 0. The Hall–Kier alpha value is -0.850. The van der Waals surface area contributed by atoms with Crippen LogP contribution in [0.2, 0.25) is 0 Å². The molecule has 82 valence electrons. The second-order valence-corrected chi connectivity index (χ2v) is 4.94. The topological polar surface area (TPSA) is 17.1 Å². The van der Waals surface area contributed by atoms with E-state index in [1.807, 2.05) is 6.08 Å². The van der Waals surface area contributed by atoms with Crippen molar-refractivity contribution in [3.8, 4) is 0 Å². The molecule has 2 rings (SSSR count). The fraction of sp³-hybridized carbons (Fsp3) is 0.643. The zero-order chi connectivity index (χ0) is 10.7. The molecule has 0 aliphatic heterocycles. The average Bonchev–Trinajstić information content (AvgIpc) is 2.25. The molecule has 0 heterocycles. The van der Waals surface area contributed by atoms with Gasteiger partial charge >= 0.3 is 0 Å². The van der Waals surface area contributed by atoms with Crippen molar-refractivity contribution >= 4 is 5.78 Å². The summed E-state index contributed by atoms with van der Waals surface area (Å²) < 4.78 is 0. The van der Waals surface area contributed by atoms with Crippen LogP contribution in [0.5, 0.6) is 0 Å². The fourth-order valence-corrected chi connectivity index (χ4v) is 2.64. The van der Waals surface area contributed by atoms with Gasteiger partial charge in [-0.3, -0.25) is 4.79 Å². The second kappa shape index (κ2) is 4.78. The molecule has 2 atom stereocenters. The Morgan fingerprint density at radius 1 is 1.40 bits per heavy atom. The standard InChI is InChI=1S/C14H20O/c1-11-6-5-9-14(15)13(11)10-12-7-3-2-4-8-12/h5,7,9,11,13H,2-4,6,8,10H2,1H3. The highest BCUT2D eigenvalue weighted by molar-refractivity contribution is 5.92. The molecule has 15 heavy (non-hydrogen) atoms. The van der Waals surface area contributed by atoms with E-state index < -0.39 is 0 Å². The quantitative estimate of drug-likeness (QED) is 0.627. The number of hydrogen-bond donors (Lipinski definition) is 0. The number of carbonyl (C=O) groups is 1. The molecule has 0 saturated carbocycles. The third-order valence-corrected chi connectivity index (χ3v) is 3.71. The summed E-state index contributed by atoms with van der Waals surface area (Å²) >= 11 is 0. The average molecular weight is 204 g/mol. The highest BCUT2D eigenvalue weighted by Crippen LogP contribution is 2.31. The number of hydrogen-bond acceptors (Lipinski definition) is 1. The molecular weight excluding hydrogens is 184 g/mol. The number of ketones is 1. The zero-order valence-corrected chi connectivity index (χ0v) is 9.54. The minimum absolute atomic E-state index is 0.263. The van der Waals surface area contributed by atoms with E-state index in [-0.39, 0.29) is 5.92 Å². The van der Waals surface area contributed by atoms with Gasteiger partial charge in [-0.25, -0.2) is 0 Å². The summed E-state index contributed by atoms with van der Waals surface area (Å²) in [6.45, 7) is 2.20. The predicted molar refractivity (Wildman–Crippen MR) is 62.6 cm³/mol. The van der Waals surface area contributed by atoms with Crippen LogP contribution in [-0.4, -0.2) is 5.78 Å². The van der Waals surface area contributed by atoms with Gasteiger partial charge in [-0.1, -0.05) is 24.6 Å². The van der Waals surface area contributed by atoms with E-state index in [2.05, 4.69) is 13.0 Å². The van der Waals surface area contributed by atoms with Gasteiger partial charge in [0, 0.05) is 5.92 Å². The van der Waals surface area contributed by atoms with Crippen LogP contribution < -0.4 is 0 Å². The maximum atomic E-state index is 11.8. The van der Waals surface area contributed by atoms with E-state index in [4.69, 9.17) is 0 Å². The monoisotopic (exact) mass is 204 g/mol. The lowest BCUT2D eigenvalue weighted by Crippen LogP contribution is -2.24. The van der Waals surface area contributed by atoms with E-state index in [0.717, 1.165) is 12.8 Å². The van der Waals surface area contributed by atoms with Gasteiger partial charge in [0.2, 0.25) is 0 Å². The van der Waals surface area contributed by atoms with Crippen molar-refractivity contribution < 1.29 is 4.79 Å². The molecule has 0 aromatic rings. The van der Waals surface area contributed by atoms with Gasteiger partial charge in [0.05, 0.1) is 0 Å². The summed E-state index contributed by atoms with van der Waals surface area (Å²) in [6, 6.07) is 0. The Morgan fingerprint density at radius 2 is 2.27 bits per heavy atom. The number of carbonyl (C=O) groups excluding carboxylic acids is 1. The molecular formula is C14H20O. The van der Waals surface area contributed by atoms with Crippen molar-refractivity contribution in [2.24, 2.45) is 11.8 Å².